The molecule has 2 unspecified atom stereocenters. The summed E-state index contributed by atoms with van der Waals surface area (Å²) < 4.78 is 11.6. The number of fused-ring (bicyclic) bond motifs is 1. The lowest BCUT2D eigenvalue weighted by molar-refractivity contribution is -0.120. The van der Waals surface area contributed by atoms with E-state index in [0.717, 1.165) is 5.39 Å². The number of hydrogen-bond donors (Lipinski definition) is 2. The van der Waals surface area contributed by atoms with Crippen molar-refractivity contribution in [3.63, 3.8) is 0 Å². The number of anilines is 1. The summed E-state index contributed by atoms with van der Waals surface area (Å²) in [6.07, 6.45) is 0. The summed E-state index contributed by atoms with van der Waals surface area (Å²) in [4.78, 5) is 29.6. The van der Waals surface area contributed by atoms with Crippen LogP contribution in [0.15, 0.2) is 64.0 Å². The van der Waals surface area contributed by atoms with E-state index in [2.05, 4.69) is 15.7 Å². The van der Waals surface area contributed by atoms with E-state index in [-0.39, 0.29) is 11.7 Å². The topological polar surface area (TPSA) is 96.2 Å². The van der Waals surface area contributed by atoms with E-state index in [4.69, 9.17) is 9.15 Å². The van der Waals surface area contributed by atoms with Gasteiger partial charge >= 0.3 is 0 Å². The number of carbonyl (C=O) groups is 2. The molecule has 1 aliphatic rings. The number of furan rings is 1. The van der Waals surface area contributed by atoms with Crippen LogP contribution in [0.5, 0.6) is 5.75 Å². The molecule has 31 heavy (non-hydrogen) atoms. The van der Waals surface area contributed by atoms with Gasteiger partial charge in [-0.15, -0.1) is 0 Å². The fourth-order valence-corrected chi connectivity index (χ4v) is 3.38. The molecule has 8 heteroatoms. The maximum absolute atomic E-state index is 12.9. The zero-order valence-electron chi connectivity index (χ0n) is 17.6. The minimum atomic E-state index is -0.683. The molecule has 0 radical (unpaired) electrons. The predicted molar refractivity (Wildman–Crippen MR) is 118 cm³/mol. The minimum absolute atomic E-state index is 0.0638. The molecule has 0 bridgehead atoms. The first-order valence-electron chi connectivity index (χ1n) is 10.2. The Morgan fingerprint density at radius 1 is 1.26 bits per heavy atom. The molecular weight excluding hydrogens is 396 g/mol. The summed E-state index contributed by atoms with van der Waals surface area (Å²) in [7, 11) is 0. The molecule has 2 heterocycles. The number of ether oxygens (including phenoxy) is 1. The molecule has 2 amide bonds. The van der Waals surface area contributed by atoms with Crippen LogP contribution in [0.2, 0.25) is 0 Å². The number of hydrazine groups is 1. The lowest BCUT2D eigenvalue weighted by Crippen LogP contribution is -2.58. The number of nitrogens with zero attached hydrogens (tertiary/aromatic N) is 2. The summed E-state index contributed by atoms with van der Waals surface area (Å²) >= 11 is 0. The fraction of sp³-hybridized carbons (Fsp3) is 0.261. The standard InChI is InChI=1S/C23H24N4O4/c1-4-30-18-12-8-9-16-13-19(31-20(16)18)14(2)25-22(28)21-24-15(3)23(29)27(26-21)17-10-6-5-7-11-17/h5-15H,4H2,1-3H3,(H,24,26)(H,25,28). The van der Waals surface area contributed by atoms with Gasteiger partial charge in [0.25, 0.3) is 11.8 Å². The van der Waals surface area contributed by atoms with Gasteiger partial charge in [-0.2, -0.15) is 0 Å². The van der Waals surface area contributed by atoms with Crippen LogP contribution in [0.4, 0.5) is 5.69 Å². The number of nitrogens with one attached hydrogen (secondary N) is 2. The number of aliphatic imine (C=N–C) groups is 1. The van der Waals surface area contributed by atoms with Crippen molar-refractivity contribution in [1.29, 1.82) is 0 Å². The minimum Gasteiger partial charge on any atom is -0.490 e. The van der Waals surface area contributed by atoms with Crippen LogP contribution in [0, 0.1) is 0 Å². The van der Waals surface area contributed by atoms with Gasteiger partial charge < -0.3 is 14.5 Å². The number of para-hydroxylation sites is 2. The predicted octanol–water partition coefficient (Wildman–Crippen LogP) is 3.35. The third-order valence-electron chi connectivity index (χ3n) is 4.95. The molecule has 2 aromatic carbocycles. The second-order valence-corrected chi connectivity index (χ2v) is 7.23. The highest BCUT2D eigenvalue weighted by Gasteiger charge is 2.31. The lowest BCUT2D eigenvalue weighted by Gasteiger charge is -2.30. The molecule has 0 saturated heterocycles. The monoisotopic (exact) mass is 420 g/mol. The van der Waals surface area contributed by atoms with Crippen LogP contribution in [-0.4, -0.2) is 30.3 Å². The Morgan fingerprint density at radius 2 is 2.03 bits per heavy atom. The number of benzene rings is 2. The smallest absolute Gasteiger partial charge is 0.288 e. The zero-order chi connectivity index (χ0) is 22.0. The van der Waals surface area contributed by atoms with Gasteiger partial charge in [-0.25, -0.2) is 10.0 Å². The Labute approximate surface area is 179 Å². The maximum Gasteiger partial charge on any atom is 0.288 e. The molecule has 1 aliphatic heterocycles. The highest BCUT2D eigenvalue weighted by atomic mass is 16.5. The first kappa shape index (κ1) is 20.5. The molecule has 2 N–H and O–H groups in total. The van der Waals surface area contributed by atoms with Crippen molar-refractivity contribution in [1.82, 2.24) is 10.7 Å². The van der Waals surface area contributed by atoms with Crippen molar-refractivity contribution in [3.05, 3.63) is 60.4 Å². The highest BCUT2D eigenvalue weighted by Crippen LogP contribution is 2.31. The van der Waals surface area contributed by atoms with Gasteiger partial charge in [0.2, 0.25) is 5.84 Å². The van der Waals surface area contributed by atoms with Crippen LogP contribution in [0.25, 0.3) is 11.0 Å². The number of amides is 2. The van der Waals surface area contributed by atoms with Crippen molar-refractivity contribution in [3.8, 4) is 5.75 Å². The summed E-state index contributed by atoms with van der Waals surface area (Å²) in [5.74, 6) is 0.647. The Kier molecular flexibility index (Phi) is 5.62. The van der Waals surface area contributed by atoms with Gasteiger partial charge in [-0.1, -0.05) is 30.3 Å². The largest absolute Gasteiger partial charge is 0.490 e. The molecular formula is C23H24N4O4. The van der Waals surface area contributed by atoms with Crippen molar-refractivity contribution >= 4 is 34.3 Å². The molecule has 0 aliphatic carbocycles. The van der Waals surface area contributed by atoms with Gasteiger partial charge in [0.05, 0.1) is 18.3 Å². The second-order valence-electron chi connectivity index (χ2n) is 7.23. The molecule has 2 atom stereocenters. The third-order valence-corrected chi connectivity index (χ3v) is 4.95. The molecule has 3 aromatic rings. The fourth-order valence-electron chi connectivity index (χ4n) is 3.38. The van der Waals surface area contributed by atoms with Gasteiger partial charge in [0.15, 0.2) is 11.3 Å². The Balaban J connectivity index is 1.52. The van der Waals surface area contributed by atoms with Gasteiger partial charge in [-0.3, -0.25) is 15.0 Å². The lowest BCUT2D eigenvalue weighted by atomic mass is 10.2. The van der Waals surface area contributed by atoms with E-state index in [9.17, 15) is 9.59 Å². The van der Waals surface area contributed by atoms with Crippen molar-refractivity contribution < 1.29 is 18.7 Å². The summed E-state index contributed by atoms with van der Waals surface area (Å²) in [6.45, 7) is 5.92. The molecule has 4 rings (SSSR count). The molecule has 160 valence electrons. The number of carbonyl (C=O) groups excluding carboxylic acids is 2. The maximum atomic E-state index is 12.9. The van der Waals surface area contributed by atoms with E-state index in [1.807, 2.05) is 56.3 Å². The average molecular weight is 420 g/mol. The summed E-state index contributed by atoms with van der Waals surface area (Å²) in [5, 5.41) is 5.11. The van der Waals surface area contributed by atoms with Gasteiger partial charge in [-0.05, 0) is 45.0 Å². The van der Waals surface area contributed by atoms with E-state index in [0.29, 0.717) is 29.4 Å². The quantitative estimate of drug-likeness (QED) is 0.638. The Morgan fingerprint density at radius 3 is 2.77 bits per heavy atom. The van der Waals surface area contributed by atoms with Crippen LogP contribution < -0.4 is 20.5 Å². The average Bonchev–Trinajstić information content (AvgIpc) is 3.22. The Bertz CT molecular complexity index is 1140. The van der Waals surface area contributed by atoms with Gasteiger partial charge in [0, 0.05) is 5.39 Å². The van der Waals surface area contributed by atoms with E-state index in [1.54, 1.807) is 19.1 Å². The third kappa shape index (κ3) is 4.09. The zero-order valence-corrected chi connectivity index (χ0v) is 17.6. The molecule has 0 spiro atoms. The van der Waals surface area contributed by atoms with Gasteiger partial charge in [0.1, 0.15) is 11.8 Å². The van der Waals surface area contributed by atoms with E-state index < -0.39 is 18.0 Å². The van der Waals surface area contributed by atoms with Crippen molar-refractivity contribution in [2.24, 2.45) is 4.99 Å². The number of rotatable bonds is 6. The van der Waals surface area contributed by atoms with Crippen molar-refractivity contribution in [2.45, 2.75) is 32.9 Å². The van der Waals surface area contributed by atoms with Crippen LogP contribution in [0.3, 0.4) is 0 Å². The van der Waals surface area contributed by atoms with Crippen LogP contribution in [0.1, 0.15) is 32.6 Å². The molecule has 0 saturated carbocycles. The summed E-state index contributed by atoms with van der Waals surface area (Å²) in [5.41, 5.74) is 4.10. The van der Waals surface area contributed by atoms with E-state index in [1.165, 1.54) is 5.01 Å². The van der Waals surface area contributed by atoms with E-state index >= 15 is 0 Å². The number of amidine groups is 1. The molecule has 8 nitrogen and oxygen atoms in total. The normalized spacial score (nSPS) is 17.1. The Hall–Kier alpha value is -3.81. The highest BCUT2D eigenvalue weighted by molar-refractivity contribution is 6.39. The SMILES string of the molecule is CCOc1cccc2cc(C(C)NC(=O)C3=NC(C)C(=O)N(c4ccccc4)N3)oc12. The second kappa shape index (κ2) is 8.51. The first-order chi connectivity index (χ1) is 15.0. The first-order valence-corrected chi connectivity index (χ1v) is 10.2. The summed E-state index contributed by atoms with van der Waals surface area (Å²) in [6, 6.07) is 15.5. The van der Waals surface area contributed by atoms with Crippen molar-refractivity contribution in [2.75, 3.05) is 11.6 Å². The van der Waals surface area contributed by atoms with Crippen LogP contribution in [-0.2, 0) is 9.59 Å². The molecule has 0 fully saturated rings. The molecule has 1 aromatic heterocycles. The van der Waals surface area contributed by atoms with Crippen LogP contribution >= 0.6 is 0 Å². The number of hydrogen-bond acceptors (Lipinski definition) is 6.